The molecule has 0 saturated carbocycles. The quantitative estimate of drug-likeness (QED) is 0.718. The van der Waals surface area contributed by atoms with Crippen LogP contribution in [0.4, 0.5) is 0 Å². The molecule has 14 heavy (non-hydrogen) atoms. The summed E-state index contributed by atoms with van der Waals surface area (Å²) >= 11 is 0. The van der Waals surface area contributed by atoms with Crippen LogP contribution in [0.1, 0.15) is 29.8 Å². The molecule has 0 aliphatic carbocycles. The van der Waals surface area contributed by atoms with E-state index in [1.807, 2.05) is 38.2 Å². The van der Waals surface area contributed by atoms with Gasteiger partial charge < -0.3 is 4.90 Å². The maximum Gasteiger partial charge on any atom is 0.253 e. The van der Waals surface area contributed by atoms with Gasteiger partial charge in [0, 0.05) is 19.2 Å². The molecule has 0 radical (unpaired) electrons. The second-order valence-electron chi connectivity index (χ2n) is 3.37. The molecule has 0 fully saturated rings. The molecule has 0 aliphatic rings. The predicted octanol–water partition coefficient (Wildman–Crippen LogP) is 2.34. The maximum absolute atomic E-state index is 11.8. The average Bonchev–Trinajstić information content (AvgIpc) is 2.27. The number of rotatable bonds is 3. The van der Waals surface area contributed by atoms with Crippen molar-refractivity contribution in [1.82, 2.24) is 4.90 Å². The monoisotopic (exact) mass is 191 g/mol. The molecule has 2 nitrogen and oxygen atoms in total. The molecule has 1 rings (SSSR count). The summed E-state index contributed by atoms with van der Waals surface area (Å²) in [5, 5.41) is 0. The largest absolute Gasteiger partial charge is 0.342 e. The average molecular weight is 191 g/mol. The van der Waals surface area contributed by atoms with Crippen molar-refractivity contribution in [1.29, 1.82) is 0 Å². The molecule has 0 N–H and O–H groups in total. The SMILES string of the molecule is CCc1cccc(C(=O)N(C)CC)c1. The fourth-order valence-electron chi connectivity index (χ4n) is 1.29. The van der Waals surface area contributed by atoms with E-state index < -0.39 is 0 Å². The van der Waals surface area contributed by atoms with Gasteiger partial charge in [-0.25, -0.2) is 0 Å². The van der Waals surface area contributed by atoms with Gasteiger partial charge >= 0.3 is 0 Å². The zero-order chi connectivity index (χ0) is 10.6. The van der Waals surface area contributed by atoms with Crippen LogP contribution < -0.4 is 0 Å². The van der Waals surface area contributed by atoms with Crippen molar-refractivity contribution in [3.8, 4) is 0 Å². The van der Waals surface area contributed by atoms with Crippen LogP contribution in [0.2, 0.25) is 0 Å². The first-order valence-electron chi connectivity index (χ1n) is 5.03. The summed E-state index contributed by atoms with van der Waals surface area (Å²) in [6.45, 7) is 4.81. The van der Waals surface area contributed by atoms with Crippen LogP contribution in [-0.4, -0.2) is 24.4 Å². The van der Waals surface area contributed by atoms with Gasteiger partial charge in [0.1, 0.15) is 0 Å². The molecule has 0 unspecified atom stereocenters. The molecule has 0 heterocycles. The molecular weight excluding hydrogens is 174 g/mol. The molecule has 0 aromatic heterocycles. The number of nitrogens with zero attached hydrogens (tertiary/aromatic N) is 1. The highest BCUT2D eigenvalue weighted by atomic mass is 16.2. The molecule has 1 aromatic rings. The van der Waals surface area contributed by atoms with Crippen molar-refractivity contribution in [3.05, 3.63) is 35.4 Å². The first-order chi connectivity index (χ1) is 6.69. The Morgan fingerprint density at radius 3 is 2.64 bits per heavy atom. The third-order valence-electron chi connectivity index (χ3n) is 2.40. The summed E-state index contributed by atoms with van der Waals surface area (Å²) in [6.07, 6.45) is 0.969. The molecule has 76 valence electrons. The fraction of sp³-hybridized carbons (Fsp3) is 0.417. The van der Waals surface area contributed by atoms with Crippen LogP contribution in [0.25, 0.3) is 0 Å². The summed E-state index contributed by atoms with van der Waals surface area (Å²) in [4.78, 5) is 13.5. The first-order valence-corrected chi connectivity index (χ1v) is 5.03. The van der Waals surface area contributed by atoms with Crippen LogP contribution >= 0.6 is 0 Å². The minimum atomic E-state index is 0.0998. The topological polar surface area (TPSA) is 20.3 Å². The lowest BCUT2D eigenvalue weighted by molar-refractivity contribution is 0.0802. The Balaban J connectivity index is 2.90. The van der Waals surface area contributed by atoms with Gasteiger partial charge in [-0.1, -0.05) is 19.1 Å². The van der Waals surface area contributed by atoms with Crippen LogP contribution in [0, 0.1) is 0 Å². The minimum absolute atomic E-state index is 0.0998. The number of carbonyl (C=O) groups is 1. The van der Waals surface area contributed by atoms with E-state index in [9.17, 15) is 4.79 Å². The normalized spacial score (nSPS) is 9.93. The van der Waals surface area contributed by atoms with Crippen LogP contribution in [0.3, 0.4) is 0 Å². The Kier molecular flexibility index (Phi) is 3.69. The summed E-state index contributed by atoms with van der Waals surface area (Å²) in [7, 11) is 1.82. The van der Waals surface area contributed by atoms with E-state index in [0.717, 1.165) is 18.5 Å². The van der Waals surface area contributed by atoms with Gasteiger partial charge in [-0.15, -0.1) is 0 Å². The van der Waals surface area contributed by atoms with Crippen molar-refractivity contribution in [2.24, 2.45) is 0 Å². The van der Waals surface area contributed by atoms with Gasteiger partial charge in [-0.2, -0.15) is 0 Å². The first kappa shape index (κ1) is 10.8. The van der Waals surface area contributed by atoms with Gasteiger partial charge in [0.15, 0.2) is 0 Å². The van der Waals surface area contributed by atoms with E-state index >= 15 is 0 Å². The van der Waals surface area contributed by atoms with Gasteiger partial charge in [-0.05, 0) is 31.0 Å². The van der Waals surface area contributed by atoms with Gasteiger partial charge in [-0.3, -0.25) is 4.79 Å². The number of hydrogen-bond acceptors (Lipinski definition) is 1. The number of benzene rings is 1. The van der Waals surface area contributed by atoms with Crippen LogP contribution in [0.5, 0.6) is 0 Å². The summed E-state index contributed by atoms with van der Waals surface area (Å²) in [5.41, 5.74) is 1.99. The Morgan fingerprint density at radius 2 is 2.07 bits per heavy atom. The molecule has 1 aromatic carbocycles. The van der Waals surface area contributed by atoms with Crippen molar-refractivity contribution in [2.45, 2.75) is 20.3 Å². The molecule has 0 atom stereocenters. The molecule has 0 aliphatic heterocycles. The third kappa shape index (κ3) is 2.34. The van der Waals surface area contributed by atoms with E-state index in [-0.39, 0.29) is 5.91 Å². The lowest BCUT2D eigenvalue weighted by Gasteiger charge is -2.14. The van der Waals surface area contributed by atoms with E-state index in [1.54, 1.807) is 4.90 Å². The van der Waals surface area contributed by atoms with Gasteiger partial charge in [0.05, 0.1) is 0 Å². The van der Waals surface area contributed by atoms with E-state index in [0.29, 0.717) is 0 Å². The maximum atomic E-state index is 11.8. The Hall–Kier alpha value is -1.31. The minimum Gasteiger partial charge on any atom is -0.342 e. The molecule has 0 saturated heterocycles. The number of carbonyl (C=O) groups excluding carboxylic acids is 1. The predicted molar refractivity (Wildman–Crippen MR) is 58.5 cm³/mol. The van der Waals surface area contributed by atoms with Crippen molar-refractivity contribution >= 4 is 5.91 Å². The molecule has 0 spiro atoms. The van der Waals surface area contributed by atoms with Crippen molar-refractivity contribution < 1.29 is 4.79 Å². The zero-order valence-corrected chi connectivity index (χ0v) is 9.08. The zero-order valence-electron chi connectivity index (χ0n) is 9.08. The van der Waals surface area contributed by atoms with Crippen LogP contribution in [0.15, 0.2) is 24.3 Å². The fourth-order valence-corrected chi connectivity index (χ4v) is 1.29. The highest BCUT2D eigenvalue weighted by Gasteiger charge is 2.09. The van der Waals surface area contributed by atoms with E-state index in [2.05, 4.69) is 6.92 Å². The smallest absolute Gasteiger partial charge is 0.253 e. The summed E-state index contributed by atoms with van der Waals surface area (Å²) < 4.78 is 0. The lowest BCUT2D eigenvalue weighted by Crippen LogP contribution is -2.26. The Labute approximate surface area is 85.5 Å². The second kappa shape index (κ2) is 4.80. The van der Waals surface area contributed by atoms with Crippen molar-refractivity contribution in [2.75, 3.05) is 13.6 Å². The number of hydrogen-bond donors (Lipinski definition) is 0. The molecular formula is C12H17NO. The van der Waals surface area contributed by atoms with Gasteiger partial charge in [0.2, 0.25) is 0 Å². The summed E-state index contributed by atoms with van der Waals surface area (Å²) in [5.74, 6) is 0.0998. The number of amides is 1. The lowest BCUT2D eigenvalue weighted by atomic mass is 10.1. The molecule has 2 heteroatoms. The van der Waals surface area contributed by atoms with E-state index in [4.69, 9.17) is 0 Å². The third-order valence-corrected chi connectivity index (χ3v) is 2.40. The number of aryl methyl sites for hydroxylation is 1. The van der Waals surface area contributed by atoms with Crippen molar-refractivity contribution in [3.63, 3.8) is 0 Å². The standard InChI is InChI=1S/C12H17NO/c1-4-10-7-6-8-11(9-10)12(14)13(3)5-2/h6-9H,4-5H2,1-3H3. The summed E-state index contributed by atoms with van der Waals surface area (Å²) in [6, 6.07) is 7.82. The second-order valence-corrected chi connectivity index (χ2v) is 3.37. The highest BCUT2D eigenvalue weighted by Crippen LogP contribution is 2.08. The highest BCUT2D eigenvalue weighted by molar-refractivity contribution is 5.94. The Morgan fingerprint density at radius 1 is 1.36 bits per heavy atom. The van der Waals surface area contributed by atoms with Gasteiger partial charge in [0.25, 0.3) is 5.91 Å². The van der Waals surface area contributed by atoms with Crippen LogP contribution in [-0.2, 0) is 6.42 Å². The van der Waals surface area contributed by atoms with E-state index in [1.165, 1.54) is 5.56 Å². The molecule has 0 bridgehead atoms. The molecule has 1 amide bonds. The Bertz CT molecular complexity index is 320.